The Labute approximate surface area is 28.8 Å². The molecule has 0 aliphatic heterocycles. The molecule has 0 N–H and O–H groups in total. The molecule has 0 aromatic heterocycles. The van der Waals surface area contributed by atoms with Crippen molar-refractivity contribution < 1.29 is 8.78 Å². The third-order valence-electron chi connectivity index (χ3n) is 0.640. The van der Waals surface area contributed by atoms with Crippen molar-refractivity contribution in [1.29, 1.82) is 0 Å². The van der Waals surface area contributed by atoms with Gasteiger partial charge in [0.1, 0.15) is 12.3 Å². The van der Waals surface area contributed by atoms with E-state index in [9.17, 15) is 8.78 Å². The van der Waals surface area contributed by atoms with Crippen LogP contribution >= 0.6 is 0 Å². The smallest absolute Gasteiger partial charge is 0.134 e. The molecule has 0 bridgehead atoms. The van der Waals surface area contributed by atoms with Crippen LogP contribution in [0.5, 0.6) is 0 Å². The zero-order chi connectivity index (χ0) is 3.86. The Morgan fingerprint density at radius 3 is 1.40 bits per heavy atom. The van der Waals surface area contributed by atoms with Crippen molar-refractivity contribution in [1.82, 2.24) is 0 Å². The van der Waals surface area contributed by atoms with E-state index in [0.29, 0.717) is 0 Å². The number of hydrogen-bond donors (Lipinski definition) is 0. The van der Waals surface area contributed by atoms with E-state index in [1.54, 1.807) is 0 Å². The van der Waals surface area contributed by atoms with Crippen LogP contribution in [0.1, 0.15) is 6.42 Å². The average molecular weight is 78.1 g/mol. The largest absolute Gasteiger partial charge is 0.244 e. The minimum absolute atomic E-state index is 0.139. The molecule has 0 saturated heterocycles. The molecule has 2 heteroatoms. The summed E-state index contributed by atoms with van der Waals surface area (Å²) in [6.07, 6.45) is -2.09. The lowest BCUT2D eigenvalue weighted by Crippen LogP contribution is -1.68. The maximum absolute atomic E-state index is 11.1. The van der Waals surface area contributed by atoms with Gasteiger partial charge in [-0.2, -0.15) is 0 Å². The second-order valence-corrected chi connectivity index (χ2v) is 1.27. The Balaban J connectivity index is 2.20. The molecule has 1 aliphatic carbocycles. The fraction of sp³-hybridized carbons (Fsp3) is 1.00. The molecular weight excluding hydrogens is 74.0 g/mol. The highest BCUT2D eigenvalue weighted by Gasteiger charge is 2.37. The minimum atomic E-state index is -1.12. The SMILES string of the molecule is FC1CC1F. The Morgan fingerprint density at radius 1 is 1.20 bits per heavy atom. The average Bonchev–Trinajstić information content (AvgIpc) is 1.79. The first-order valence-electron chi connectivity index (χ1n) is 1.59. The van der Waals surface area contributed by atoms with Gasteiger partial charge in [-0.05, 0) is 0 Å². The first-order valence-corrected chi connectivity index (χ1v) is 1.59. The van der Waals surface area contributed by atoms with Crippen LogP contribution in [0.15, 0.2) is 0 Å². The van der Waals surface area contributed by atoms with E-state index in [4.69, 9.17) is 0 Å². The Morgan fingerprint density at radius 2 is 1.40 bits per heavy atom. The van der Waals surface area contributed by atoms with E-state index in [-0.39, 0.29) is 6.42 Å². The Bertz CT molecular complexity index is 38.2. The molecule has 0 amide bonds. The molecule has 30 valence electrons. The summed E-state index contributed by atoms with van der Waals surface area (Å²) >= 11 is 0. The number of rotatable bonds is 0. The molecule has 1 saturated carbocycles. The molecule has 2 atom stereocenters. The predicted octanol–water partition coefficient (Wildman–Crippen LogP) is 1.07. The van der Waals surface area contributed by atoms with Gasteiger partial charge in [0.2, 0.25) is 0 Å². The topological polar surface area (TPSA) is 0 Å². The lowest BCUT2D eigenvalue weighted by atomic mass is 10.9. The van der Waals surface area contributed by atoms with Crippen LogP contribution in [0.4, 0.5) is 8.78 Å². The molecule has 0 radical (unpaired) electrons. The van der Waals surface area contributed by atoms with Crippen LogP contribution in [-0.4, -0.2) is 12.3 Å². The minimum Gasteiger partial charge on any atom is -0.244 e. The molecule has 1 fully saturated rings. The lowest BCUT2D eigenvalue weighted by molar-refractivity contribution is 0.372. The van der Waals surface area contributed by atoms with Crippen molar-refractivity contribution in [3.63, 3.8) is 0 Å². The van der Waals surface area contributed by atoms with E-state index in [2.05, 4.69) is 0 Å². The molecule has 1 aliphatic rings. The van der Waals surface area contributed by atoms with Crippen molar-refractivity contribution in [2.24, 2.45) is 0 Å². The van der Waals surface area contributed by atoms with Gasteiger partial charge in [-0.15, -0.1) is 0 Å². The lowest BCUT2D eigenvalue weighted by Gasteiger charge is -1.60. The molecule has 0 heterocycles. The van der Waals surface area contributed by atoms with Gasteiger partial charge in [-0.3, -0.25) is 0 Å². The van der Waals surface area contributed by atoms with Crippen molar-refractivity contribution in [3.05, 3.63) is 0 Å². The highest BCUT2D eigenvalue weighted by Crippen LogP contribution is 2.27. The van der Waals surface area contributed by atoms with Gasteiger partial charge in [-0.1, -0.05) is 0 Å². The van der Waals surface area contributed by atoms with E-state index in [1.807, 2.05) is 0 Å². The zero-order valence-corrected chi connectivity index (χ0v) is 2.62. The predicted molar refractivity (Wildman–Crippen MR) is 14.4 cm³/mol. The van der Waals surface area contributed by atoms with Crippen molar-refractivity contribution >= 4 is 0 Å². The van der Waals surface area contributed by atoms with Crippen molar-refractivity contribution in [2.75, 3.05) is 0 Å². The highest BCUT2D eigenvalue weighted by atomic mass is 19.2. The van der Waals surface area contributed by atoms with Crippen LogP contribution in [0.25, 0.3) is 0 Å². The summed E-state index contributed by atoms with van der Waals surface area (Å²) in [6.45, 7) is 0. The van der Waals surface area contributed by atoms with E-state index >= 15 is 0 Å². The number of alkyl halides is 2. The van der Waals surface area contributed by atoms with Gasteiger partial charge in [0.05, 0.1) is 0 Å². The summed E-state index contributed by atoms with van der Waals surface area (Å²) in [7, 11) is 0. The maximum atomic E-state index is 11.1. The second kappa shape index (κ2) is 0.671. The number of hydrogen-bond acceptors (Lipinski definition) is 0. The first-order chi connectivity index (χ1) is 2.30. The third kappa shape index (κ3) is 0.389. The van der Waals surface area contributed by atoms with Crippen LogP contribution < -0.4 is 0 Å². The Kier molecular flexibility index (Phi) is 0.411. The standard InChI is InChI=1S/C3H4F2/c4-2-1-3(2)5/h2-3H,1H2. The summed E-state index contributed by atoms with van der Waals surface area (Å²) in [5.41, 5.74) is 0. The molecule has 2 unspecified atom stereocenters. The normalized spacial score (nSPS) is 49.2. The summed E-state index contributed by atoms with van der Waals surface area (Å²) in [5, 5.41) is 0. The third-order valence-corrected chi connectivity index (χ3v) is 0.640. The molecule has 5 heavy (non-hydrogen) atoms. The summed E-state index contributed by atoms with van der Waals surface area (Å²) in [5.74, 6) is 0. The van der Waals surface area contributed by atoms with Gasteiger partial charge in [-0.25, -0.2) is 8.78 Å². The molecule has 0 nitrogen and oxygen atoms in total. The van der Waals surface area contributed by atoms with Gasteiger partial charge in [0.25, 0.3) is 0 Å². The molecule has 0 aromatic carbocycles. The fourth-order valence-electron chi connectivity index (χ4n) is 0.137. The van der Waals surface area contributed by atoms with Crippen molar-refractivity contribution in [3.8, 4) is 0 Å². The number of halogens is 2. The first kappa shape index (κ1) is 3.07. The van der Waals surface area contributed by atoms with Crippen molar-refractivity contribution in [2.45, 2.75) is 18.8 Å². The van der Waals surface area contributed by atoms with Gasteiger partial charge in [0.15, 0.2) is 0 Å². The summed E-state index contributed by atoms with van der Waals surface area (Å²) in [4.78, 5) is 0. The van der Waals surface area contributed by atoms with E-state index in [0.717, 1.165) is 0 Å². The summed E-state index contributed by atoms with van der Waals surface area (Å²) < 4.78 is 22.3. The second-order valence-electron chi connectivity index (χ2n) is 1.27. The van der Waals surface area contributed by atoms with Gasteiger partial charge < -0.3 is 0 Å². The van der Waals surface area contributed by atoms with Crippen LogP contribution in [-0.2, 0) is 0 Å². The molecular formula is C3H4F2. The summed E-state index contributed by atoms with van der Waals surface area (Å²) in [6, 6.07) is 0. The monoisotopic (exact) mass is 78.0 g/mol. The van der Waals surface area contributed by atoms with Crippen LogP contribution in [0.2, 0.25) is 0 Å². The zero-order valence-electron chi connectivity index (χ0n) is 2.62. The fourth-order valence-corrected chi connectivity index (χ4v) is 0.137. The molecule has 0 spiro atoms. The molecule has 1 rings (SSSR count). The quantitative estimate of drug-likeness (QED) is 0.406. The molecule has 0 aromatic rings. The van der Waals surface area contributed by atoms with Crippen LogP contribution in [0, 0.1) is 0 Å². The van der Waals surface area contributed by atoms with Gasteiger partial charge in [0, 0.05) is 6.42 Å². The van der Waals surface area contributed by atoms with E-state index < -0.39 is 12.3 Å². The van der Waals surface area contributed by atoms with E-state index in [1.165, 1.54) is 0 Å². The maximum Gasteiger partial charge on any atom is 0.134 e. The Hall–Kier alpha value is -0.140. The highest BCUT2D eigenvalue weighted by molar-refractivity contribution is 4.85. The van der Waals surface area contributed by atoms with Gasteiger partial charge >= 0.3 is 0 Å². The van der Waals surface area contributed by atoms with Crippen LogP contribution in [0.3, 0.4) is 0 Å².